The van der Waals surface area contributed by atoms with Gasteiger partial charge in [-0.1, -0.05) is 6.07 Å². The summed E-state index contributed by atoms with van der Waals surface area (Å²) in [6.45, 7) is 5.27. The molecule has 1 aromatic rings. The topological polar surface area (TPSA) is 74.7 Å². The highest BCUT2D eigenvalue weighted by Gasteiger charge is 2.29. The Bertz CT molecular complexity index is 580. The van der Waals surface area contributed by atoms with Gasteiger partial charge in [-0.25, -0.2) is 8.42 Å². The summed E-state index contributed by atoms with van der Waals surface area (Å²) in [4.78, 5) is 13.6. The molecular weight excluding hydrogens is 266 g/mol. The lowest BCUT2D eigenvalue weighted by Gasteiger charge is -2.25. The lowest BCUT2D eigenvalue weighted by Crippen LogP contribution is -2.41. The SMILES string of the molecule is CCN(C(=O)C(C)S(C)(=O)=O)c1cc(O)ccc1C. The van der Waals surface area contributed by atoms with E-state index in [4.69, 9.17) is 0 Å². The number of aryl methyl sites for hydroxylation is 1. The zero-order valence-electron chi connectivity index (χ0n) is 11.5. The van der Waals surface area contributed by atoms with Gasteiger partial charge in [-0.15, -0.1) is 0 Å². The van der Waals surface area contributed by atoms with Gasteiger partial charge in [0.25, 0.3) is 0 Å². The molecule has 0 heterocycles. The van der Waals surface area contributed by atoms with Gasteiger partial charge in [0.1, 0.15) is 11.0 Å². The molecule has 0 saturated heterocycles. The van der Waals surface area contributed by atoms with Crippen molar-refractivity contribution in [2.75, 3.05) is 17.7 Å². The summed E-state index contributed by atoms with van der Waals surface area (Å²) in [5, 5.41) is 8.40. The maximum absolute atomic E-state index is 12.3. The van der Waals surface area contributed by atoms with Crippen LogP contribution in [-0.4, -0.2) is 37.5 Å². The summed E-state index contributed by atoms with van der Waals surface area (Å²) >= 11 is 0. The zero-order valence-corrected chi connectivity index (χ0v) is 12.4. The molecule has 1 N–H and O–H groups in total. The van der Waals surface area contributed by atoms with Gasteiger partial charge in [0, 0.05) is 18.9 Å². The van der Waals surface area contributed by atoms with E-state index in [-0.39, 0.29) is 5.75 Å². The number of phenolic OH excluding ortho intramolecular Hbond substituents is 1. The van der Waals surface area contributed by atoms with Gasteiger partial charge in [-0.05, 0) is 32.4 Å². The van der Waals surface area contributed by atoms with E-state index in [2.05, 4.69) is 0 Å². The first-order valence-corrected chi connectivity index (χ1v) is 7.93. The molecule has 0 radical (unpaired) electrons. The van der Waals surface area contributed by atoms with E-state index < -0.39 is 21.0 Å². The van der Waals surface area contributed by atoms with Gasteiger partial charge in [0.2, 0.25) is 5.91 Å². The van der Waals surface area contributed by atoms with Crippen LogP contribution in [0.5, 0.6) is 5.75 Å². The fourth-order valence-corrected chi connectivity index (χ4v) is 2.23. The van der Waals surface area contributed by atoms with E-state index in [1.165, 1.54) is 24.0 Å². The molecule has 0 aliphatic heterocycles. The maximum atomic E-state index is 12.3. The van der Waals surface area contributed by atoms with Gasteiger partial charge >= 0.3 is 0 Å². The average molecular weight is 285 g/mol. The number of carbonyl (C=O) groups is 1. The van der Waals surface area contributed by atoms with Crippen LogP contribution in [0.4, 0.5) is 5.69 Å². The highest BCUT2D eigenvalue weighted by Crippen LogP contribution is 2.26. The number of rotatable bonds is 4. The molecule has 0 bridgehead atoms. The number of hydrogen-bond donors (Lipinski definition) is 1. The number of benzene rings is 1. The average Bonchev–Trinajstić information content (AvgIpc) is 2.32. The van der Waals surface area contributed by atoms with Crippen LogP contribution in [0.2, 0.25) is 0 Å². The number of sulfone groups is 1. The Hall–Kier alpha value is -1.56. The number of anilines is 1. The van der Waals surface area contributed by atoms with Gasteiger partial charge in [-0.3, -0.25) is 4.79 Å². The van der Waals surface area contributed by atoms with Crippen molar-refractivity contribution < 1.29 is 18.3 Å². The lowest BCUT2D eigenvalue weighted by molar-refractivity contribution is -0.117. The minimum absolute atomic E-state index is 0.0406. The molecule has 0 fully saturated rings. The van der Waals surface area contributed by atoms with Crippen molar-refractivity contribution >= 4 is 21.4 Å². The van der Waals surface area contributed by atoms with Crippen molar-refractivity contribution in [2.24, 2.45) is 0 Å². The molecule has 0 saturated carbocycles. The summed E-state index contributed by atoms with van der Waals surface area (Å²) in [6.07, 6.45) is 1.04. The Labute approximate surface area is 113 Å². The molecule has 1 aromatic carbocycles. The number of amides is 1. The molecule has 1 rings (SSSR count). The highest BCUT2D eigenvalue weighted by atomic mass is 32.2. The van der Waals surface area contributed by atoms with E-state index in [0.29, 0.717) is 12.2 Å². The van der Waals surface area contributed by atoms with Crippen molar-refractivity contribution in [3.8, 4) is 5.75 Å². The Morgan fingerprint density at radius 2 is 2.00 bits per heavy atom. The monoisotopic (exact) mass is 285 g/mol. The third-order valence-electron chi connectivity index (χ3n) is 3.06. The fourth-order valence-electron chi connectivity index (χ4n) is 1.74. The second-order valence-corrected chi connectivity index (χ2v) is 6.89. The summed E-state index contributed by atoms with van der Waals surface area (Å²) < 4.78 is 23.0. The summed E-state index contributed by atoms with van der Waals surface area (Å²) in [5.74, 6) is -0.447. The highest BCUT2D eigenvalue weighted by molar-refractivity contribution is 7.92. The summed E-state index contributed by atoms with van der Waals surface area (Å²) in [6, 6.07) is 4.68. The first kappa shape index (κ1) is 15.5. The molecule has 0 spiro atoms. The van der Waals surface area contributed by atoms with Crippen LogP contribution in [-0.2, 0) is 14.6 Å². The first-order chi connectivity index (χ1) is 8.68. The van der Waals surface area contributed by atoms with Crippen molar-refractivity contribution in [3.05, 3.63) is 23.8 Å². The molecule has 19 heavy (non-hydrogen) atoms. The fraction of sp³-hybridized carbons (Fsp3) is 0.462. The standard InChI is InChI=1S/C13H19NO4S/c1-5-14(13(16)10(3)19(4,17)18)12-8-11(15)7-6-9(12)2/h6-8,10,15H,5H2,1-4H3. The predicted molar refractivity (Wildman–Crippen MR) is 75.2 cm³/mol. The molecule has 0 aliphatic rings. The van der Waals surface area contributed by atoms with Crippen molar-refractivity contribution in [3.63, 3.8) is 0 Å². The van der Waals surface area contributed by atoms with Crippen LogP contribution >= 0.6 is 0 Å². The molecule has 0 aliphatic carbocycles. The molecule has 106 valence electrons. The Morgan fingerprint density at radius 1 is 1.42 bits per heavy atom. The zero-order chi connectivity index (χ0) is 14.8. The van der Waals surface area contributed by atoms with Crippen molar-refractivity contribution in [1.29, 1.82) is 0 Å². The smallest absolute Gasteiger partial charge is 0.245 e. The largest absolute Gasteiger partial charge is 0.508 e. The maximum Gasteiger partial charge on any atom is 0.245 e. The van der Waals surface area contributed by atoms with Crippen LogP contribution in [0.15, 0.2) is 18.2 Å². The van der Waals surface area contributed by atoms with Crippen molar-refractivity contribution in [1.82, 2.24) is 0 Å². The molecule has 0 aromatic heterocycles. The number of nitrogens with zero attached hydrogens (tertiary/aromatic N) is 1. The van der Waals surface area contributed by atoms with Gasteiger partial charge in [-0.2, -0.15) is 0 Å². The molecule has 1 unspecified atom stereocenters. The van der Waals surface area contributed by atoms with Gasteiger partial charge < -0.3 is 10.0 Å². The van der Waals surface area contributed by atoms with Crippen LogP contribution in [0, 0.1) is 6.92 Å². The number of aromatic hydroxyl groups is 1. The van der Waals surface area contributed by atoms with E-state index in [1.807, 2.05) is 0 Å². The molecule has 5 nitrogen and oxygen atoms in total. The number of carbonyl (C=O) groups excluding carboxylic acids is 1. The van der Waals surface area contributed by atoms with Gasteiger partial charge in [0.15, 0.2) is 9.84 Å². The number of hydrogen-bond acceptors (Lipinski definition) is 4. The van der Waals surface area contributed by atoms with Crippen LogP contribution in [0.3, 0.4) is 0 Å². The molecular formula is C13H19NO4S. The summed E-state index contributed by atoms with van der Waals surface area (Å²) in [7, 11) is -3.44. The Morgan fingerprint density at radius 3 is 2.47 bits per heavy atom. The van der Waals surface area contributed by atoms with E-state index in [9.17, 15) is 18.3 Å². The Kier molecular flexibility index (Phi) is 4.57. The van der Waals surface area contributed by atoms with Crippen LogP contribution < -0.4 is 4.90 Å². The summed E-state index contributed by atoms with van der Waals surface area (Å²) in [5.41, 5.74) is 1.33. The third kappa shape index (κ3) is 3.47. The third-order valence-corrected chi connectivity index (χ3v) is 4.54. The van der Waals surface area contributed by atoms with Gasteiger partial charge in [0.05, 0.1) is 5.69 Å². The molecule has 6 heteroatoms. The van der Waals surface area contributed by atoms with Crippen LogP contribution in [0.1, 0.15) is 19.4 Å². The predicted octanol–water partition coefficient (Wildman–Crippen LogP) is 1.49. The normalized spacial score (nSPS) is 13.1. The molecule has 1 atom stereocenters. The van der Waals surface area contributed by atoms with E-state index >= 15 is 0 Å². The second kappa shape index (κ2) is 5.61. The molecule has 1 amide bonds. The first-order valence-electron chi connectivity index (χ1n) is 5.98. The van der Waals surface area contributed by atoms with E-state index in [0.717, 1.165) is 11.8 Å². The van der Waals surface area contributed by atoms with E-state index in [1.54, 1.807) is 19.9 Å². The minimum atomic E-state index is -3.44. The minimum Gasteiger partial charge on any atom is -0.508 e. The Balaban J connectivity index is 3.21. The second-order valence-electron chi connectivity index (χ2n) is 4.53. The number of phenols is 1. The van der Waals surface area contributed by atoms with Crippen molar-refractivity contribution in [2.45, 2.75) is 26.0 Å². The quantitative estimate of drug-likeness (QED) is 0.909. The lowest BCUT2D eigenvalue weighted by atomic mass is 10.1. The van der Waals surface area contributed by atoms with Crippen LogP contribution in [0.25, 0.3) is 0 Å².